The van der Waals surface area contributed by atoms with Gasteiger partial charge in [0.2, 0.25) is 0 Å². The van der Waals surface area contributed by atoms with Gasteiger partial charge >= 0.3 is 0 Å². The van der Waals surface area contributed by atoms with Crippen molar-refractivity contribution in [3.8, 4) is 11.6 Å². The third kappa shape index (κ3) is 1.82. The Balaban J connectivity index is 2.37. The molecule has 0 saturated carbocycles. The second-order valence-electron chi connectivity index (χ2n) is 2.97. The fourth-order valence-electron chi connectivity index (χ4n) is 1.33. The van der Waals surface area contributed by atoms with Crippen molar-refractivity contribution in [2.75, 3.05) is 7.11 Å². The Labute approximate surface area is 87.5 Å². The van der Waals surface area contributed by atoms with Crippen LogP contribution in [0.3, 0.4) is 0 Å². The van der Waals surface area contributed by atoms with Crippen LogP contribution in [0.5, 0.6) is 5.75 Å². The van der Waals surface area contributed by atoms with Crippen LogP contribution in [0.1, 0.15) is 5.82 Å². The number of pyridine rings is 1. The first-order valence-corrected chi connectivity index (χ1v) is 4.58. The summed E-state index contributed by atoms with van der Waals surface area (Å²) in [6.07, 6.45) is 5.20. The number of nitrogens with two attached hydrogens (primary N) is 1. The van der Waals surface area contributed by atoms with Crippen molar-refractivity contribution in [3.63, 3.8) is 0 Å². The number of nitrogens with zero attached hydrogens (tertiary/aromatic N) is 3. The first kappa shape index (κ1) is 9.67. The van der Waals surface area contributed by atoms with Crippen molar-refractivity contribution in [1.82, 2.24) is 14.5 Å². The molecule has 0 bridgehead atoms. The van der Waals surface area contributed by atoms with Crippen LogP contribution in [0, 0.1) is 0 Å². The highest BCUT2D eigenvalue weighted by Gasteiger charge is 2.03. The molecular weight excluding hydrogens is 192 g/mol. The zero-order chi connectivity index (χ0) is 10.7. The summed E-state index contributed by atoms with van der Waals surface area (Å²) < 4.78 is 6.88. The molecule has 0 spiro atoms. The summed E-state index contributed by atoms with van der Waals surface area (Å²) >= 11 is 0. The van der Waals surface area contributed by atoms with Gasteiger partial charge in [-0.2, -0.15) is 0 Å². The van der Waals surface area contributed by atoms with Gasteiger partial charge in [0, 0.05) is 12.4 Å². The summed E-state index contributed by atoms with van der Waals surface area (Å²) in [4.78, 5) is 8.36. The average Bonchev–Trinajstić information content (AvgIpc) is 2.77. The van der Waals surface area contributed by atoms with Gasteiger partial charge in [-0.1, -0.05) is 0 Å². The molecule has 0 fully saturated rings. The van der Waals surface area contributed by atoms with E-state index >= 15 is 0 Å². The third-order valence-electron chi connectivity index (χ3n) is 2.10. The lowest BCUT2D eigenvalue weighted by Gasteiger charge is -2.05. The van der Waals surface area contributed by atoms with Crippen molar-refractivity contribution < 1.29 is 4.74 Å². The Morgan fingerprint density at radius 2 is 2.27 bits per heavy atom. The van der Waals surface area contributed by atoms with E-state index in [2.05, 4.69) is 9.97 Å². The number of hydrogen-bond donors (Lipinski definition) is 1. The molecule has 0 aliphatic heterocycles. The molecule has 0 amide bonds. The van der Waals surface area contributed by atoms with Gasteiger partial charge in [0.15, 0.2) is 0 Å². The summed E-state index contributed by atoms with van der Waals surface area (Å²) in [6.45, 7) is 0.390. The maximum absolute atomic E-state index is 5.55. The second-order valence-corrected chi connectivity index (χ2v) is 2.97. The van der Waals surface area contributed by atoms with Gasteiger partial charge in [-0.15, -0.1) is 0 Å². The van der Waals surface area contributed by atoms with Crippen molar-refractivity contribution >= 4 is 0 Å². The molecule has 2 aromatic rings. The van der Waals surface area contributed by atoms with E-state index in [0.717, 1.165) is 17.4 Å². The Kier molecular flexibility index (Phi) is 2.64. The van der Waals surface area contributed by atoms with Gasteiger partial charge in [0.1, 0.15) is 17.4 Å². The molecule has 0 saturated heterocycles. The standard InChI is InChI=1S/C10H12N4O/c1-15-8-2-3-9(13-7-8)14-5-4-12-10(14)6-11/h2-5,7H,6,11H2,1H3. The number of hydrogen-bond acceptors (Lipinski definition) is 4. The zero-order valence-electron chi connectivity index (χ0n) is 8.42. The number of aromatic nitrogens is 3. The predicted octanol–water partition coefficient (Wildman–Crippen LogP) is 0.735. The molecule has 0 aliphatic carbocycles. The fourth-order valence-corrected chi connectivity index (χ4v) is 1.33. The summed E-state index contributed by atoms with van der Waals surface area (Å²) in [5.41, 5.74) is 5.55. The van der Waals surface area contributed by atoms with E-state index in [1.165, 1.54) is 0 Å². The normalized spacial score (nSPS) is 10.3. The highest BCUT2D eigenvalue weighted by atomic mass is 16.5. The monoisotopic (exact) mass is 204 g/mol. The smallest absolute Gasteiger partial charge is 0.138 e. The minimum Gasteiger partial charge on any atom is -0.495 e. The molecule has 2 rings (SSSR count). The van der Waals surface area contributed by atoms with Crippen molar-refractivity contribution in [2.45, 2.75) is 6.54 Å². The van der Waals surface area contributed by atoms with Crippen LogP contribution >= 0.6 is 0 Å². The molecule has 15 heavy (non-hydrogen) atoms. The van der Waals surface area contributed by atoms with Crippen LogP contribution in [0.2, 0.25) is 0 Å². The summed E-state index contributed by atoms with van der Waals surface area (Å²) in [5, 5.41) is 0. The maximum atomic E-state index is 5.55. The van der Waals surface area contributed by atoms with E-state index in [4.69, 9.17) is 10.5 Å². The first-order chi connectivity index (χ1) is 7.35. The molecule has 78 valence electrons. The van der Waals surface area contributed by atoms with Crippen LogP contribution in [0.4, 0.5) is 0 Å². The Bertz CT molecular complexity index is 435. The summed E-state index contributed by atoms with van der Waals surface area (Å²) in [7, 11) is 1.61. The van der Waals surface area contributed by atoms with Crippen molar-refractivity contribution in [1.29, 1.82) is 0 Å². The Morgan fingerprint density at radius 3 is 2.87 bits per heavy atom. The molecule has 2 heterocycles. The fraction of sp³-hybridized carbons (Fsp3) is 0.200. The topological polar surface area (TPSA) is 66.0 Å². The Hall–Kier alpha value is -1.88. The van der Waals surface area contributed by atoms with Crippen LogP contribution in [-0.4, -0.2) is 21.6 Å². The lowest BCUT2D eigenvalue weighted by atomic mass is 10.4. The molecule has 5 nitrogen and oxygen atoms in total. The van der Waals surface area contributed by atoms with Crippen molar-refractivity contribution in [3.05, 3.63) is 36.5 Å². The molecule has 0 atom stereocenters. The third-order valence-corrected chi connectivity index (χ3v) is 2.10. The molecule has 2 aromatic heterocycles. The van der Waals surface area contributed by atoms with E-state index in [1.54, 1.807) is 19.5 Å². The van der Waals surface area contributed by atoms with E-state index in [9.17, 15) is 0 Å². The van der Waals surface area contributed by atoms with Gasteiger partial charge < -0.3 is 10.5 Å². The SMILES string of the molecule is COc1ccc(-n2ccnc2CN)nc1. The van der Waals surface area contributed by atoms with Gasteiger partial charge in [-0.25, -0.2) is 9.97 Å². The van der Waals surface area contributed by atoms with E-state index in [-0.39, 0.29) is 0 Å². The molecule has 0 radical (unpaired) electrons. The Morgan fingerprint density at radius 1 is 1.40 bits per heavy atom. The molecule has 0 aromatic carbocycles. The molecule has 0 aliphatic rings. The number of rotatable bonds is 3. The van der Waals surface area contributed by atoms with E-state index in [0.29, 0.717) is 6.54 Å². The largest absolute Gasteiger partial charge is 0.495 e. The number of imidazole rings is 1. The zero-order valence-corrected chi connectivity index (χ0v) is 8.42. The molecule has 2 N–H and O–H groups in total. The van der Waals surface area contributed by atoms with Crippen LogP contribution in [0.15, 0.2) is 30.7 Å². The molecule has 5 heteroatoms. The van der Waals surface area contributed by atoms with E-state index in [1.807, 2.05) is 22.9 Å². The summed E-state index contributed by atoms with van der Waals surface area (Å²) in [6, 6.07) is 3.71. The first-order valence-electron chi connectivity index (χ1n) is 4.58. The summed E-state index contributed by atoms with van der Waals surface area (Å²) in [5.74, 6) is 2.30. The average molecular weight is 204 g/mol. The van der Waals surface area contributed by atoms with Crippen LogP contribution in [-0.2, 0) is 6.54 Å². The van der Waals surface area contributed by atoms with Gasteiger partial charge in [-0.05, 0) is 12.1 Å². The van der Waals surface area contributed by atoms with Gasteiger partial charge in [-0.3, -0.25) is 4.57 Å². The predicted molar refractivity (Wildman–Crippen MR) is 55.8 cm³/mol. The lowest BCUT2D eigenvalue weighted by molar-refractivity contribution is 0.412. The van der Waals surface area contributed by atoms with Gasteiger partial charge in [0.25, 0.3) is 0 Å². The van der Waals surface area contributed by atoms with Crippen LogP contribution < -0.4 is 10.5 Å². The highest BCUT2D eigenvalue weighted by Crippen LogP contribution is 2.12. The molecule has 0 unspecified atom stereocenters. The quantitative estimate of drug-likeness (QED) is 0.800. The number of ether oxygens (including phenoxy) is 1. The van der Waals surface area contributed by atoms with Crippen LogP contribution in [0.25, 0.3) is 5.82 Å². The second kappa shape index (κ2) is 4.10. The lowest BCUT2D eigenvalue weighted by Crippen LogP contribution is -2.07. The molecular formula is C10H12N4O. The highest BCUT2D eigenvalue weighted by molar-refractivity contribution is 5.29. The van der Waals surface area contributed by atoms with Gasteiger partial charge in [0.05, 0.1) is 19.9 Å². The maximum Gasteiger partial charge on any atom is 0.138 e. The van der Waals surface area contributed by atoms with Crippen molar-refractivity contribution in [2.24, 2.45) is 5.73 Å². The number of methoxy groups -OCH3 is 1. The minimum atomic E-state index is 0.390. The minimum absolute atomic E-state index is 0.390. The van der Waals surface area contributed by atoms with E-state index < -0.39 is 0 Å².